The van der Waals surface area contributed by atoms with Crippen molar-refractivity contribution < 1.29 is 85.7 Å². The molecule has 0 aromatic rings. The van der Waals surface area contributed by atoms with Crippen LogP contribution in [0.25, 0.3) is 0 Å². The zero-order valence-corrected chi connectivity index (χ0v) is 27.5. The van der Waals surface area contributed by atoms with Crippen LogP contribution in [0.3, 0.4) is 0 Å². The van der Waals surface area contributed by atoms with Gasteiger partial charge in [0.05, 0.1) is 0 Å². The van der Waals surface area contributed by atoms with Gasteiger partial charge < -0.3 is 52.1 Å². The molecule has 0 bridgehead atoms. The second-order valence-corrected chi connectivity index (χ2v) is 10.5. The van der Waals surface area contributed by atoms with Crippen molar-refractivity contribution in [2.75, 3.05) is 19.8 Å². The fraction of sp³-hybridized carbons (Fsp3) is 0.759. The molecule has 2 heterocycles. The number of carbonyl (C=O) groups excluding carboxylic acids is 7. The molecule has 2 rings (SSSR count). The molecule has 266 valence electrons. The van der Waals surface area contributed by atoms with E-state index in [-0.39, 0.29) is 6.61 Å². The molecule has 0 spiro atoms. The van der Waals surface area contributed by atoms with Crippen molar-refractivity contribution in [3.63, 3.8) is 0 Å². The van der Waals surface area contributed by atoms with Gasteiger partial charge in [-0.05, 0) is 6.42 Å². The average molecular weight is 679 g/mol. The molecule has 0 amide bonds. The molecule has 0 saturated carbocycles. The number of carbonyl (C=O) groups is 7. The summed E-state index contributed by atoms with van der Waals surface area (Å²) in [7, 11) is 0. The highest BCUT2D eigenvalue weighted by atomic mass is 16.8. The minimum atomic E-state index is -1.76. The summed E-state index contributed by atoms with van der Waals surface area (Å²) in [5.74, 6) is -5.72. The summed E-state index contributed by atoms with van der Waals surface area (Å²) in [6, 6.07) is 0. The van der Waals surface area contributed by atoms with Gasteiger partial charge in [-0.2, -0.15) is 0 Å². The number of esters is 7. The maximum Gasteiger partial charge on any atom is 0.303 e. The number of rotatable bonds is 14. The minimum Gasteiger partial charge on any atom is -0.463 e. The summed E-state index contributed by atoms with van der Waals surface area (Å²) in [6.07, 6.45) is -14.5. The van der Waals surface area contributed by atoms with E-state index in [1.807, 2.05) is 0 Å². The van der Waals surface area contributed by atoms with Crippen LogP contribution in [-0.4, -0.2) is 123 Å². The molecule has 2 fully saturated rings. The number of hydrogen-bond acceptors (Lipinski definition) is 18. The third-order valence-electron chi connectivity index (χ3n) is 6.37. The molecule has 0 N–H and O–H groups in total. The van der Waals surface area contributed by atoms with E-state index in [1.165, 1.54) is 0 Å². The van der Waals surface area contributed by atoms with Gasteiger partial charge in [-0.15, -0.1) is 0 Å². The lowest BCUT2D eigenvalue weighted by molar-refractivity contribution is -0.361. The summed E-state index contributed by atoms with van der Waals surface area (Å²) in [6.45, 7) is 8.45. The molecule has 0 aromatic heterocycles. The zero-order valence-electron chi connectivity index (χ0n) is 27.5. The molecule has 6 unspecified atom stereocenters. The van der Waals surface area contributed by atoms with Gasteiger partial charge in [0, 0.05) is 55.1 Å². The first-order chi connectivity index (χ1) is 22.0. The lowest BCUT2D eigenvalue weighted by Gasteiger charge is -2.48. The third-order valence-corrected chi connectivity index (χ3v) is 6.37. The van der Waals surface area contributed by atoms with Crippen LogP contribution in [0.5, 0.6) is 0 Å². The first-order valence-corrected chi connectivity index (χ1v) is 14.7. The van der Waals surface area contributed by atoms with Crippen LogP contribution < -0.4 is 0 Å². The van der Waals surface area contributed by atoms with Crippen molar-refractivity contribution in [1.82, 2.24) is 0 Å². The summed E-state index contributed by atoms with van der Waals surface area (Å²) < 4.78 is 61.6. The van der Waals surface area contributed by atoms with Gasteiger partial charge in [0.1, 0.15) is 31.5 Å². The third kappa shape index (κ3) is 12.3. The van der Waals surface area contributed by atoms with Gasteiger partial charge in [-0.1, -0.05) is 6.92 Å². The van der Waals surface area contributed by atoms with Crippen LogP contribution in [-0.2, 0) is 85.7 Å². The summed E-state index contributed by atoms with van der Waals surface area (Å²) >= 11 is 0. The molecule has 2 aliphatic heterocycles. The first kappa shape index (κ1) is 39.3. The fourth-order valence-electron chi connectivity index (χ4n) is 4.84. The van der Waals surface area contributed by atoms with Crippen molar-refractivity contribution in [3.05, 3.63) is 0 Å². The molecule has 18 heteroatoms. The number of ether oxygens (including phenoxy) is 11. The van der Waals surface area contributed by atoms with Gasteiger partial charge in [0.2, 0.25) is 0 Å². The fourth-order valence-corrected chi connectivity index (χ4v) is 4.84. The Labute approximate surface area is 270 Å². The topological polar surface area (TPSA) is 221 Å². The molecule has 0 aliphatic carbocycles. The smallest absolute Gasteiger partial charge is 0.303 e. The molecular formula is C29H42O18. The quantitative estimate of drug-likeness (QED) is 0.175. The Morgan fingerprint density at radius 1 is 0.468 bits per heavy atom. The molecule has 18 nitrogen and oxygen atoms in total. The summed E-state index contributed by atoms with van der Waals surface area (Å²) in [4.78, 5) is 84.6. The SMILES string of the molecule is CCCO[C@H]1OC(COC(C)=O)[C@H](O[C@@H]2OC(COC(C)=O)[C@H](OC(C)=O)C(OC(C)=O)C2OC(C)=O)C(OC(C)=O)C1OC(C)=O. The molecule has 47 heavy (non-hydrogen) atoms. The van der Waals surface area contributed by atoms with E-state index >= 15 is 0 Å². The Morgan fingerprint density at radius 2 is 0.830 bits per heavy atom. The Morgan fingerprint density at radius 3 is 1.26 bits per heavy atom. The second-order valence-electron chi connectivity index (χ2n) is 10.5. The standard InChI is InChI=1S/C29H42O18/c1-9-10-37-28-26(43-18(7)35)25(42-17(6)34)23(21(45-28)12-39-14(3)31)47-29-27(44-19(8)36)24(41-16(5)33)22(40-15(4)32)20(46-29)11-38-13(2)30/h20-29H,9-12H2,1-8H3/t20?,21?,22-,23-,24?,25?,26?,27?,28-,29-/m0/s1. The lowest BCUT2D eigenvalue weighted by atomic mass is 9.96. The highest BCUT2D eigenvalue weighted by Crippen LogP contribution is 2.35. The van der Waals surface area contributed by atoms with E-state index < -0.39 is 116 Å². The number of hydrogen-bond donors (Lipinski definition) is 0. The first-order valence-electron chi connectivity index (χ1n) is 14.7. The minimum absolute atomic E-state index is 0.126. The largest absolute Gasteiger partial charge is 0.463 e. The predicted octanol–water partition coefficient (Wildman–Crippen LogP) is 0.0327. The van der Waals surface area contributed by atoms with E-state index in [9.17, 15) is 33.6 Å². The van der Waals surface area contributed by atoms with Gasteiger partial charge >= 0.3 is 41.8 Å². The van der Waals surface area contributed by atoms with E-state index in [2.05, 4.69) is 0 Å². The molecule has 0 radical (unpaired) electrons. The summed E-state index contributed by atoms with van der Waals surface area (Å²) in [5.41, 5.74) is 0. The Hall–Kier alpha value is -3.87. The van der Waals surface area contributed by atoms with Crippen molar-refractivity contribution in [3.8, 4) is 0 Å². The Bertz CT molecular complexity index is 1140. The summed E-state index contributed by atoms with van der Waals surface area (Å²) in [5, 5.41) is 0. The van der Waals surface area contributed by atoms with Crippen LogP contribution in [0.4, 0.5) is 0 Å². The molecule has 2 aliphatic rings. The molecule has 0 aromatic carbocycles. The van der Waals surface area contributed by atoms with Crippen LogP contribution in [0.15, 0.2) is 0 Å². The van der Waals surface area contributed by atoms with Crippen LogP contribution in [0, 0.1) is 0 Å². The van der Waals surface area contributed by atoms with Gasteiger partial charge in [0.25, 0.3) is 0 Å². The van der Waals surface area contributed by atoms with Crippen molar-refractivity contribution >= 4 is 41.8 Å². The van der Waals surface area contributed by atoms with Crippen LogP contribution in [0.2, 0.25) is 0 Å². The predicted molar refractivity (Wildman–Crippen MR) is 149 cm³/mol. The van der Waals surface area contributed by atoms with Crippen LogP contribution in [0.1, 0.15) is 61.8 Å². The van der Waals surface area contributed by atoms with Gasteiger partial charge in [0.15, 0.2) is 43.1 Å². The Balaban J connectivity index is 2.71. The monoisotopic (exact) mass is 678 g/mol. The highest BCUT2D eigenvalue weighted by molar-refractivity contribution is 5.69. The zero-order chi connectivity index (χ0) is 35.4. The van der Waals surface area contributed by atoms with E-state index in [4.69, 9.17) is 52.1 Å². The molecule has 2 saturated heterocycles. The molecule has 10 atom stereocenters. The molecular weight excluding hydrogens is 636 g/mol. The maximum atomic E-state index is 12.4. The van der Waals surface area contributed by atoms with E-state index in [0.29, 0.717) is 6.42 Å². The van der Waals surface area contributed by atoms with E-state index in [0.717, 1.165) is 48.5 Å². The van der Waals surface area contributed by atoms with Gasteiger partial charge in [-0.25, -0.2) is 0 Å². The van der Waals surface area contributed by atoms with Crippen LogP contribution >= 0.6 is 0 Å². The second kappa shape index (κ2) is 18.5. The van der Waals surface area contributed by atoms with Gasteiger partial charge in [-0.3, -0.25) is 33.6 Å². The average Bonchev–Trinajstić information content (AvgIpc) is 2.94. The maximum absolute atomic E-state index is 12.4. The highest BCUT2D eigenvalue weighted by Gasteiger charge is 2.57. The van der Waals surface area contributed by atoms with Crippen molar-refractivity contribution in [2.24, 2.45) is 0 Å². The van der Waals surface area contributed by atoms with E-state index in [1.54, 1.807) is 6.92 Å². The lowest BCUT2D eigenvalue weighted by Crippen LogP contribution is -2.67. The van der Waals surface area contributed by atoms with Crippen molar-refractivity contribution in [2.45, 2.75) is 123 Å². The normalized spacial score (nSPS) is 30.2. The Kier molecular flexibility index (Phi) is 15.4. The van der Waals surface area contributed by atoms with Crippen molar-refractivity contribution in [1.29, 1.82) is 0 Å².